The number of pyridine rings is 1. The molecule has 3 aromatic heterocycles. The Kier molecular flexibility index (Phi) is 3.95. The molecule has 0 aliphatic carbocycles. The topological polar surface area (TPSA) is 43.6 Å². The van der Waals surface area contributed by atoms with Gasteiger partial charge in [0.2, 0.25) is 0 Å². The molecule has 6 heteroatoms. The fourth-order valence-corrected chi connectivity index (χ4v) is 3.31. The number of imidazole rings is 1. The molecule has 0 aliphatic heterocycles. The van der Waals surface area contributed by atoms with E-state index in [-0.39, 0.29) is 5.38 Å². The molecule has 3 rings (SSSR count). The van der Waals surface area contributed by atoms with Crippen molar-refractivity contribution >= 4 is 34.1 Å². The van der Waals surface area contributed by atoms with Gasteiger partial charge >= 0.3 is 0 Å². The normalized spacial score (nSPS) is 13.0. The molecule has 0 spiro atoms. The summed E-state index contributed by atoms with van der Waals surface area (Å²) in [6.07, 6.45) is 2.96. The summed E-state index contributed by atoms with van der Waals surface area (Å²) < 4.78 is 2.08. The molecule has 0 aliphatic rings. The van der Waals surface area contributed by atoms with Crippen molar-refractivity contribution in [1.82, 2.24) is 19.5 Å². The van der Waals surface area contributed by atoms with E-state index in [0.717, 1.165) is 34.1 Å². The third-order valence-electron chi connectivity index (χ3n) is 3.36. The van der Waals surface area contributed by atoms with Crippen molar-refractivity contribution < 1.29 is 0 Å². The quantitative estimate of drug-likeness (QED) is 0.679. The van der Waals surface area contributed by atoms with Gasteiger partial charge in [-0.25, -0.2) is 15.0 Å². The monoisotopic (exact) mass is 320 g/mol. The van der Waals surface area contributed by atoms with Gasteiger partial charge in [0, 0.05) is 16.8 Å². The number of halogens is 1. The van der Waals surface area contributed by atoms with Crippen LogP contribution in [-0.2, 0) is 13.0 Å². The molecule has 110 valence electrons. The summed E-state index contributed by atoms with van der Waals surface area (Å²) >= 11 is 8.02. The van der Waals surface area contributed by atoms with Gasteiger partial charge in [-0.3, -0.25) is 0 Å². The van der Waals surface area contributed by atoms with Gasteiger partial charge < -0.3 is 4.57 Å². The highest BCUT2D eigenvalue weighted by Gasteiger charge is 2.17. The predicted octanol–water partition coefficient (Wildman–Crippen LogP) is 4.11. The van der Waals surface area contributed by atoms with Crippen LogP contribution in [0.25, 0.3) is 11.2 Å². The van der Waals surface area contributed by atoms with Crippen molar-refractivity contribution in [1.29, 1.82) is 0 Å². The van der Waals surface area contributed by atoms with Gasteiger partial charge in [0.1, 0.15) is 16.3 Å². The Morgan fingerprint density at radius 1 is 1.33 bits per heavy atom. The molecule has 1 unspecified atom stereocenters. The van der Waals surface area contributed by atoms with Crippen LogP contribution in [-0.4, -0.2) is 19.5 Å². The Hall–Kier alpha value is -1.46. The van der Waals surface area contributed by atoms with E-state index >= 15 is 0 Å². The molecule has 3 heterocycles. The molecular formula is C15H17ClN4S. The van der Waals surface area contributed by atoms with Crippen LogP contribution in [0.2, 0.25) is 0 Å². The van der Waals surface area contributed by atoms with E-state index < -0.39 is 0 Å². The highest BCUT2D eigenvalue weighted by molar-refractivity contribution is 7.11. The minimum absolute atomic E-state index is 0.162. The van der Waals surface area contributed by atoms with E-state index in [9.17, 15) is 0 Å². The Balaban J connectivity index is 2.09. The standard InChI is InChI=1S/C15H17ClN4S/c1-4-11-7-17-13(21-11)8-20-14(10(3)16)19-12-6-5-9(2)18-15(12)20/h5-7,10H,4,8H2,1-3H3. The lowest BCUT2D eigenvalue weighted by atomic mass is 10.3. The molecule has 0 aromatic carbocycles. The molecule has 0 saturated heterocycles. The largest absolute Gasteiger partial charge is 0.304 e. The van der Waals surface area contributed by atoms with E-state index in [1.54, 1.807) is 11.3 Å². The maximum Gasteiger partial charge on any atom is 0.160 e. The average molecular weight is 321 g/mol. The maximum atomic E-state index is 6.29. The van der Waals surface area contributed by atoms with Crippen molar-refractivity contribution in [3.8, 4) is 0 Å². The molecular weight excluding hydrogens is 304 g/mol. The van der Waals surface area contributed by atoms with Gasteiger partial charge in [-0.15, -0.1) is 22.9 Å². The fourth-order valence-electron chi connectivity index (χ4n) is 2.29. The lowest BCUT2D eigenvalue weighted by Crippen LogP contribution is -2.06. The van der Waals surface area contributed by atoms with E-state index in [2.05, 4.69) is 26.4 Å². The molecule has 4 nitrogen and oxygen atoms in total. The van der Waals surface area contributed by atoms with Crippen LogP contribution < -0.4 is 0 Å². The number of hydrogen-bond acceptors (Lipinski definition) is 4. The summed E-state index contributed by atoms with van der Waals surface area (Å²) in [5, 5.41) is 0.901. The van der Waals surface area contributed by atoms with Gasteiger partial charge in [-0.2, -0.15) is 0 Å². The molecule has 3 aromatic rings. The highest BCUT2D eigenvalue weighted by atomic mass is 35.5. The second-order valence-electron chi connectivity index (χ2n) is 5.04. The van der Waals surface area contributed by atoms with Crippen LogP contribution >= 0.6 is 22.9 Å². The van der Waals surface area contributed by atoms with Crippen LogP contribution in [0.3, 0.4) is 0 Å². The summed E-state index contributed by atoms with van der Waals surface area (Å²) in [5.74, 6) is 0.845. The Morgan fingerprint density at radius 2 is 2.14 bits per heavy atom. The van der Waals surface area contributed by atoms with Gasteiger partial charge in [-0.1, -0.05) is 6.92 Å². The number of thiazole rings is 1. The minimum atomic E-state index is -0.162. The highest BCUT2D eigenvalue weighted by Crippen LogP contribution is 2.26. The second kappa shape index (κ2) is 5.73. The van der Waals surface area contributed by atoms with Crippen LogP contribution in [0.15, 0.2) is 18.3 Å². The number of fused-ring (bicyclic) bond motifs is 1. The number of aryl methyl sites for hydroxylation is 2. The van der Waals surface area contributed by atoms with E-state index in [4.69, 9.17) is 11.6 Å². The third-order valence-corrected chi connectivity index (χ3v) is 4.68. The van der Waals surface area contributed by atoms with E-state index in [0.29, 0.717) is 6.54 Å². The zero-order valence-electron chi connectivity index (χ0n) is 12.3. The Labute approximate surface area is 132 Å². The van der Waals surface area contributed by atoms with Crippen molar-refractivity contribution in [2.45, 2.75) is 39.1 Å². The van der Waals surface area contributed by atoms with Crippen molar-refractivity contribution in [2.75, 3.05) is 0 Å². The number of alkyl halides is 1. The van der Waals surface area contributed by atoms with Crippen LogP contribution in [0.1, 0.15) is 40.6 Å². The lowest BCUT2D eigenvalue weighted by molar-refractivity contribution is 0.731. The van der Waals surface area contributed by atoms with E-state index in [1.165, 1.54) is 4.88 Å². The molecule has 0 amide bonds. The first-order valence-corrected chi connectivity index (χ1v) is 8.25. The first kappa shape index (κ1) is 14.5. The lowest BCUT2D eigenvalue weighted by Gasteiger charge is -2.08. The fraction of sp³-hybridized carbons (Fsp3) is 0.400. The summed E-state index contributed by atoms with van der Waals surface area (Å²) in [7, 11) is 0. The minimum Gasteiger partial charge on any atom is -0.304 e. The number of hydrogen-bond donors (Lipinski definition) is 0. The molecule has 0 radical (unpaired) electrons. The predicted molar refractivity (Wildman–Crippen MR) is 87.1 cm³/mol. The number of rotatable bonds is 4. The van der Waals surface area contributed by atoms with Crippen LogP contribution in [0.5, 0.6) is 0 Å². The van der Waals surface area contributed by atoms with Crippen LogP contribution in [0, 0.1) is 6.92 Å². The third kappa shape index (κ3) is 2.80. The zero-order valence-corrected chi connectivity index (χ0v) is 13.9. The molecule has 21 heavy (non-hydrogen) atoms. The Morgan fingerprint density at radius 3 is 2.81 bits per heavy atom. The van der Waals surface area contributed by atoms with Crippen LogP contribution in [0.4, 0.5) is 0 Å². The molecule has 0 saturated carbocycles. The molecule has 0 bridgehead atoms. The molecule has 0 fully saturated rings. The second-order valence-corrected chi connectivity index (χ2v) is 6.90. The van der Waals surface area contributed by atoms with Crippen molar-refractivity contribution in [3.63, 3.8) is 0 Å². The molecule has 1 atom stereocenters. The number of aromatic nitrogens is 4. The Bertz CT molecular complexity index is 775. The SMILES string of the molecule is CCc1cnc(Cn2c(C(C)Cl)nc3ccc(C)nc32)s1. The molecule has 0 N–H and O–H groups in total. The summed E-state index contributed by atoms with van der Waals surface area (Å²) in [6, 6.07) is 3.97. The summed E-state index contributed by atoms with van der Waals surface area (Å²) in [6.45, 7) is 6.73. The van der Waals surface area contributed by atoms with Gasteiger partial charge in [0.15, 0.2) is 5.65 Å². The average Bonchev–Trinajstić information content (AvgIpc) is 3.04. The number of nitrogens with zero attached hydrogens (tertiary/aromatic N) is 4. The first-order chi connectivity index (χ1) is 10.1. The smallest absolute Gasteiger partial charge is 0.160 e. The first-order valence-electron chi connectivity index (χ1n) is 7.00. The van der Waals surface area contributed by atoms with E-state index in [1.807, 2.05) is 32.2 Å². The zero-order chi connectivity index (χ0) is 15.0. The maximum absolute atomic E-state index is 6.29. The summed E-state index contributed by atoms with van der Waals surface area (Å²) in [5.41, 5.74) is 2.74. The van der Waals surface area contributed by atoms with Gasteiger partial charge in [0.05, 0.1) is 11.9 Å². The van der Waals surface area contributed by atoms with Gasteiger partial charge in [-0.05, 0) is 32.4 Å². The van der Waals surface area contributed by atoms with Crippen molar-refractivity contribution in [3.05, 3.63) is 39.7 Å². The van der Waals surface area contributed by atoms with Crippen molar-refractivity contribution in [2.24, 2.45) is 0 Å². The summed E-state index contributed by atoms with van der Waals surface area (Å²) in [4.78, 5) is 15.0. The van der Waals surface area contributed by atoms with Gasteiger partial charge in [0.25, 0.3) is 0 Å².